The number of hydrogen-bond donors (Lipinski definition) is 0. The van der Waals surface area contributed by atoms with Crippen LogP contribution in [-0.2, 0) is 11.3 Å². The summed E-state index contributed by atoms with van der Waals surface area (Å²) in [6, 6.07) is 9.36. The van der Waals surface area contributed by atoms with Crippen LogP contribution in [0.4, 0.5) is 16.3 Å². The van der Waals surface area contributed by atoms with E-state index in [1.54, 1.807) is 9.80 Å². The summed E-state index contributed by atoms with van der Waals surface area (Å²) in [5.74, 6) is 0.180. The fourth-order valence-corrected chi connectivity index (χ4v) is 3.25. The van der Waals surface area contributed by atoms with Crippen LogP contribution < -0.4 is 9.64 Å². The van der Waals surface area contributed by atoms with Crippen molar-refractivity contribution < 1.29 is 19.2 Å². The molecule has 0 radical (unpaired) electrons. The molecule has 31 heavy (non-hydrogen) atoms. The molecule has 10 nitrogen and oxygen atoms in total. The summed E-state index contributed by atoms with van der Waals surface area (Å²) in [6.45, 7) is 8.66. The van der Waals surface area contributed by atoms with Gasteiger partial charge in [-0.1, -0.05) is 30.3 Å². The van der Waals surface area contributed by atoms with Crippen LogP contribution in [0.5, 0.6) is 6.01 Å². The van der Waals surface area contributed by atoms with E-state index in [2.05, 4.69) is 9.97 Å². The fraction of sp³-hybridized carbons (Fsp3) is 0.476. The normalized spacial score (nSPS) is 16.7. The van der Waals surface area contributed by atoms with Crippen molar-refractivity contribution >= 4 is 17.6 Å². The Balaban J connectivity index is 1.75. The van der Waals surface area contributed by atoms with Gasteiger partial charge in [-0.05, 0) is 33.3 Å². The van der Waals surface area contributed by atoms with Crippen LogP contribution in [0.25, 0.3) is 0 Å². The summed E-state index contributed by atoms with van der Waals surface area (Å²) >= 11 is 0. The summed E-state index contributed by atoms with van der Waals surface area (Å²) in [5, 5.41) is 11.6. The molecule has 0 aliphatic carbocycles. The first-order chi connectivity index (χ1) is 14.6. The third-order valence-electron chi connectivity index (χ3n) is 4.69. The van der Waals surface area contributed by atoms with Gasteiger partial charge in [0.15, 0.2) is 0 Å². The van der Waals surface area contributed by atoms with Crippen molar-refractivity contribution in [3.8, 4) is 6.01 Å². The number of anilines is 1. The second kappa shape index (κ2) is 9.15. The first-order valence-electron chi connectivity index (χ1n) is 10.1. The van der Waals surface area contributed by atoms with Crippen LogP contribution in [0.1, 0.15) is 33.3 Å². The van der Waals surface area contributed by atoms with E-state index in [-0.39, 0.29) is 30.2 Å². The second-order valence-corrected chi connectivity index (χ2v) is 8.36. The molecule has 1 fully saturated rings. The Labute approximate surface area is 180 Å². The lowest BCUT2D eigenvalue weighted by atomic mass is 10.2. The van der Waals surface area contributed by atoms with Gasteiger partial charge in [0.25, 0.3) is 0 Å². The van der Waals surface area contributed by atoms with E-state index in [9.17, 15) is 14.9 Å². The number of hydrogen-bond acceptors (Lipinski definition) is 8. The molecule has 1 aromatic heterocycles. The molecule has 1 unspecified atom stereocenters. The maximum absolute atomic E-state index is 12.4. The minimum atomic E-state index is -0.589. The van der Waals surface area contributed by atoms with Crippen molar-refractivity contribution in [2.75, 3.05) is 24.5 Å². The van der Waals surface area contributed by atoms with Crippen LogP contribution in [0.15, 0.2) is 36.5 Å². The second-order valence-electron chi connectivity index (χ2n) is 8.36. The Morgan fingerprint density at radius 1 is 1.26 bits per heavy atom. The number of carbonyl (C=O) groups excluding carboxylic acids is 1. The zero-order valence-corrected chi connectivity index (χ0v) is 18.1. The van der Waals surface area contributed by atoms with E-state index in [0.29, 0.717) is 19.6 Å². The topological polar surface area (TPSA) is 111 Å². The highest BCUT2D eigenvalue weighted by Crippen LogP contribution is 2.30. The van der Waals surface area contributed by atoms with Crippen molar-refractivity contribution in [1.82, 2.24) is 14.9 Å². The number of nitro groups is 1. The van der Waals surface area contributed by atoms with E-state index in [0.717, 1.165) is 11.8 Å². The predicted molar refractivity (Wildman–Crippen MR) is 114 cm³/mol. The number of ether oxygens (including phenoxy) is 2. The lowest BCUT2D eigenvalue weighted by Gasteiger charge is -2.40. The molecule has 0 saturated carbocycles. The molecular formula is C21H27N5O5. The van der Waals surface area contributed by atoms with Crippen molar-refractivity contribution in [3.05, 3.63) is 52.2 Å². The van der Waals surface area contributed by atoms with Gasteiger partial charge in [-0.3, -0.25) is 10.1 Å². The Morgan fingerprint density at radius 2 is 1.97 bits per heavy atom. The van der Waals surface area contributed by atoms with Gasteiger partial charge in [0, 0.05) is 25.7 Å². The molecule has 2 aromatic rings. The third kappa shape index (κ3) is 5.80. The minimum absolute atomic E-state index is 0.0613. The lowest BCUT2D eigenvalue weighted by Crippen LogP contribution is -2.55. The molecule has 2 heterocycles. The highest BCUT2D eigenvalue weighted by Gasteiger charge is 2.34. The Morgan fingerprint density at radius 3 is 2.58 bits per heavy atom. The van der Waals surface area contributed by atoms with Crippen molar-refractivity contribution in [1.29, 1.82) is 0 Å². The molecular weight excluding hydrogens is 402 g/mol. The van der Waals surface area contributed by atoms with Gasteiger partial charge in [-0.25, -0.2) is 4.79 Å². The van der Waals surface area contributed by atoms with Crippen molar-refractivity contribution in [2.24, 2.45) is 0 Å². The molecule has 1 aliphatic rings. The number of aromatic nitrogens is 2. The lowest BCUT2D eigenvalue weighted by molar-refractivity contribution is -0.384. The van der Waals surface area contributed by atoms with Gasteiger partial charge in [0.2, 0.25) is 5.82 Å². The van der Waals surface area contributed by atoms with Crippen LogP contribution in [0.2, 0.25) is 0 Å². The molecule has 1 atom stereocenters. The van der Waals surface area contributed by atoms with Crippen LogP contribution in [-0.4, -0.2) is 57.2 Å². The first-order valence-corrected chi connectivity index (χ1v) is 10.1. The number of benzene rings is 1. The van der Waals surface area contributed by atoms with E-state index in [4.69, 9.17) is 9.47 Å². The maximum atomic E-state index is 12.4. The molecule has 10 heteroatoms. The average Bonchev–Trinajstić information content (AvgIpc) is 2.71. The molecule has 1 amide bonds. The summed E-state index contributed by atoms with van der Waals surface area (Å²) in [4.78, 5) is 35.2. The molecule has 166 valence electrons. The van der Waals surface area contributed by atoms with E-state index in [1.807, 2.05) is 58.0 Å². The Bertz CT molecular complexity index is 932. The van der Waals surface area contributed by atoms with Gasteiger partial charge >= 0.3 is 17.8 Å². The zero-order chi connectivity index (χ0) is 22.6. The van der Waals surface area contributed by atoms with Crippen LogP contribution >= 0.6 is 0 Å². The fourth-order valence-electron chi connectivity index (χ4n) is 3.25. The van der Waals surface area contributed by atoms with Crippen molar-refractivity contribution in [2.45, 2.75) is 45.9 Å². The first kappa shape index (κ1) is 22.3. The van der Waals surface area contributed by atoms with Gasteiger partial charge < -0.3 is 19.3 Å². The molecule has 1 saturated heterocycles. The monoisotopic (exact) mass is 429 g/mol. The molecule has 3 rings (SSSR count). The number of piperazine rings is 1. The molecule has 0 N–H and O–H groups in total. The minimum Gasteiger partial charge on any atom is -0.459 e. The SMILES string of the molecule is CC1CN(C(=O)OC(C)(C)C)CCN1c1nc(OCc2ccccc2)ncc1[N+](=O)[O-]. The Hall–Kier alpha value is -3.43. The van der Waals surface area contributed by atoms with E-state index < -0.39 is 16.6 Å². The van der Waals surface area contributed by atoms with Crippen molar-refractivity contribution in [3.63, 3.8) is 0 Å². The quantitative estimate of drug-likeness (QED) is 0.525. The van der Waals surface area contributed by atoms with E-state index >= 15 is 0 Å². The maximum Gasteiger partial charge on any atom is 0.410 e. The molecule has 0 bridgehead atoms. The van der Waals surface area contributed by atoms with Gasteiger partial charge in [-0.2, -0.15) is 9.97 Å². The number of nitrogens with zero attached hydrogens (tertiary/aromatic N) is 5. The largest absolute Gasteiger partial charge is 0.459 e. The smallest absolute Gasteiger partial charge is 0.410 e. The standard InChI is InChI=1S/C21H27N5O5/c1-15-13-24(20(27)31-21(2,3)4)10-11-25(15)18-17(26(28)29)12-22-19(23-18)30-14-16-8-6-5-7-9-16/h5-9,12,15H,10-11,13-14H2,1-4H3. The molecule has 1 aromatic carbocycles. The van der Waals surface area contributed by atoms with Crippen LogP contribution in [0, 0.1) is 10.1 Å². The van der Waals surface area contributed by atoms with Gasteiger partial charge in [0.1, 0.15) is 18.4 Å². The zero-order valence-electron chi connectivity index (χ0n) is 18.1. The van der Waals surface area contributed by atoms with E-state index in [1.165, 1.54) is 0 Å². The van der Waals surface area contributed by atoms with Crippen LogP contribution in [0.3, 0.4) is 0 Å². The summed E-state index contributed by atoms with van der Waals surface area (Å²) in [7, 11) is 0. The highest BCUT2D eigenvalue weighted by atomic mass is 16.6. The summed E-state index contributed by atoms with van der Waals surface area (Å²) in [6.07, 6.45) is 0.762. The van der Waals surface area contributed by atoms with Gasteiger partial charge in [0.05, 0.1) is 4.92 Å². The Kier molecular flexibility index (Phi) is 6.57. The average molecular weight is 429 g/mol. The summed E-state index contributed by atoms with van der Waals surface area (Å²) in [5.41, 5.74) is 0.142. The number of rotatable bonds is 5. The predicted octanol–water partition coefficient (Wildman–Crippen LogP) is 3.41. The highest BCUT2D eigenvalue weighted by molar-refractivity contribution is 5.69. The molecule has 0 spiro atoms. The van der Waals surface area contributed by atoms with Gasteiger partial charge in [-0.15, -0.1) is 0 Å². The third-order valence-corrected chi connectivity index (χ3v) is 4.69. The molecule has 1 aliphatic heterocycles. The number of amides is 1. The summed E-state index contributed by atoms with van der Waals surface area (Å²) < 4.78 is 11.1. The number of carbonyl (C=O) groups is 1.